The highest BCUT2D eigenvalue weighted by molar-refractivity contribution is 5.68. The Morgan fingerprint density at radius 3 is 2.65 bits per heavy atom. The minimum atomic E-state index is 0.439. The van der Waals surface area contributed by atoms with E-state index in [2.05, 4.69) is 27.0 Å². The maximum Gasteiger partial charge on any atom is 0.242 e. The highest BCUT2D eigenvalue weighted by Crippen LogP contribution is 2.36. The molecular weight excluding hydrogens is 252 g/mol. The van der Waals surface area contributed by atoms with Gasteiger partial charge in [-0.05, 0) is 18.4 Å². The molecule has 2 N–H and O–H groups in total. The Kier molecular flexibility index (Phi) is 3.41. The molecule has 5 nitrogen and oxygen atoms in total. The van der Waals surface area contributed by atoms with Gasteiger partial charge in [-0.15, -0.1) is 0 Å². The van der Waals surface area contributed by atoms with Crippen molar-refractivity contribution in [2.24, 2.45) is 0 Å². The number of methoxy groups -OCH3 is 1. The summed E-state index contributed by atoms with van der Waals surface area (Å²) in [6.45, 7) is 0.801. The smallest absolute Gasteiger partial charge is 0.242 e. The zero-order valence-corrected chi connectivity index (χ0v) is 11.5. The van der Waals surface area contributed by atoms with Crippen LogP contribution in [0.4, 0.5) is 11.5 Å². The van der Waals surface area contributed by atoms with Crippen molar-refractivity contribution >= 4 is 11.5 Å². The summed E-state index contributed by atoms with van der Waals surface area (Å²) < 4.78 is 5.18. The molecular formula is C15H18N4O. The molecule has 1 aliphatic carbocycles. The summed E-state index contributed by atoms with van der Waals surface area (Å²) in [5, 5.41) is 0. The number of ether oxygens (including phenoxy) is 1. The number of aromatic nitrogens is 2. The van der Waals surface area contributed by atoms with Crippen molar-refractivity contribution in [3.63, 3.8) is 0 Å². The molecule has 1 aliphatic rings. The Balaban J connectivity index is 1.91. The van der Waals surface area contributed by atoms with E-state index in [1.165, 1.54) is 24.7 Å². The number of hydrogen-bond acceptors (Lipinski definition) is 5. The van der Waals surface area contributed by atoms with Gasteiger partial charge in [-0.3, -0.25) is 0 Å². The van der Waals surface area contributed by atoms with E-state index in [1.807, 2.05) is 18.2 Å². The van der Waals surface area contributed by atoms with Crippen LogP contribution in [-0.2, 0) is 6.54 Å². The molecule has 0 amide bonds. The number of nitrogens with two attached hydrogens (primary N) is 1. The molecule has 1 aromatic heterocycles. The molecule has 0 spiro atoms. The fourth-order valence-corrected chi connectivity index (χ4v) is 2.31. The van der Waals surface area contributed by atoms with Gasteiger partial charge in [0, 0.05) is 12.6 Å². The summed E-state index contributed by atoms with van der Waals surface area (Å²) in [6.07, 6.45) is 3.86. The van der Waals surface area contributed by atoms with E-state index in [1.54, 1.807) is 7.11 Å². The van der Waals surface area contributed by atoms with Crippen LogP contribution in [0.3, 0.4) is 0 Å². The molecule has 2 aromatic rings. The number of anilines is 2. The molecule has 1 saturated carbocycles. The van der Waals surface area contributed by atoms with E-state index in [9.17, 15) is 0 Å². The average molecular weight is 270 g/mol. The summed E-state index contributed by atoms with van der Waals surface area (Å²) in [4.78, 5) is 10.6. The topological polar surface area (TPSA) is 64.3 Å². The lowest BCUT2D eigenvalue weighted by Crippen LogP contribution is -2.27. The van der Waals surface area contributed by atoms with E-state index >= 15 is 0 Å². The summed E-state index contributed by atoms with van der Waals surface area (Å²) in [6, 6.07) is 10.9. The van der Waals surface area contributed by atoms with Crippen LogP contribution in [0.2, 0.25) is 0 Å². The Labute approximate surface area is 118 Å². The highest BCUT2D eigenvalue weighted by Gasteiger charge is 2.32. The monoisotopic (exact) mass is 270 g/mol. The molecule has 0 atom stereocenters. The molecule has 0 bridgehead atoms. The van der Waals surface area contributed by atoms with E-state index < -0.39 is 0 Å². The van der Waals surface area contributed by atoms with Gasteiger partial charge in [-0.1, -0.05) is 30.3 Å². The lowest BCUT2D eigenvalue weighted by Gasteiger charge is -2.25. The molecule has 3 rings (SSSR count). The molecule has 0 aliphatic heterocycles. The lowest BCUT2D eigenvalue weighted by atomic mass is 10.2. The fraction of sp³-hybridized carbons (Fsp3) is 0.333. The first kappa shape index (κ1) is 12.7. The normalized spacial score (nSPS) is 14.1. The van der Waals surface area contributed by atoms with Crippen molar-refractivity contribution in [1.29, 1.82) is 0 Å². The second kappa shape index (κ2) is 5.36. The number of nitrogen functional groups attached to an aromatic ring is 1. The van der Waals surface area contributed by atoms with Gasteiger partial charge in [0.05, 0.1) is 7.11 Å². The number of nitrogens with zero attached hydrogens (tertiary/aromatic N) is 3. The van der Waals surface area contributed by atoms with Crippen LogP contribution in [-0.4, -0.2) is 23.1 Å². The van der Waals surface area contributed by atoms with Crippen LogP contribution >= 0.6 is 0 Å². The number of hydrogen-bond donors (Lipinski definition) is 1. The quantitative estimate of drug-likeness (QED) is 0.902. The molecule has 0 unspecified atom stereocenters. The van der Waals surface area contributed by atoms with Crippen molar-refractivity contribution in [2.75, 3.05) is 17.7 Å². The average Bonchev–Trinajstić information content (AvgIpc) is 3.31. The van der Waals surface area contributed by atoms with E-state index in [0.717, 1.165) is 12.4 Å². The summed E-state index contributed by atoms with van der Waals surface area (Å²) in [5.41, 5.74) is 7.88. The van der Waals surface area contributed by atoms with Crippen LogP contribution in [0.1, 0.15) is 18.4 Å². The van der Waals surface area contributed by atoms with E-state index in [4.69, 9.17) is 10.5 Å². The first-order valence-electron chi connectivity index (χ1n) is 6.74. The predicted molar refractivity (Wildman–Crippen MR) is 78.6 cm³/mol. The van der Waals surface area contributed by atoms with Gasteiger partial charge >= 0.3 is 0 Å². The van der Waals surface area contributed by atoms with Crippen LogP contribution in [0, 0.1) is 0 Å². The predicted octanol–water partition coefficient (Wildman–Crippen LogP) is 2.24. The van der Waals surface area contributed by atoms with E-state index in [0.29, 0.717) is 17.6 Å². The first-order valence-corrected chi connectivity index (χ1v) is 6.74. The Morgan fingerprint density at radius 2 is 2.00 bits per heavy atom. The highest BCUT2D eigenvalue weighted by atomic mass is 16.5. The second-order valence-corrected chi connectivity index (χ2v) is 4.96. The molecule has 104 valence electrons. The van der Waals surface area contributed by atoms with Gasteiger partial charge in [-0.2, -0.15) is 4.98 Å². The maximum atomic E-state index is 6.12. The number of rotatable bonds is 5. The van der Waals surface area contributed by atoms with Crippen molar-refractivity contribution in [3.8, 4) is 5.88 Å². The van der Waals surface area contributed by atoms with E-state index in [-0.39, 0.29) is 0 Å². The molecule has 1 fully saturated rings. The Morgan fingerprint density at radius 1 is 1.25 bits per heavy atom. The molecule has 0 radical (unpaired) electrons. The first-order chi connectivity index (χ1) is 9.79. The molecule has 1 heterocycles. The van der Waals surface area contributed by atoms with Crippen LogP contribution < -0.4 is 15.4 Å². The summed E-state index contributed by atoms with van der Waals surface area (Å²) in [7, 11) is 1.57. The van der Waals surface area contributed by atoms with Crippen LogP contribution in [0.25, 0.3) is 0 Å². The van der Waals surface area contributed by atoms with Crippen molar-refractivity contribution < 1.29 is 4.74 Å². The number of benzene rings is 1. The Bertz CT molecular complexity index is 584. The second-order valence-electron chi connectivity index (χ2n) is 4.96. The molecule has 1 aromatic carbocycles. The zero-order valence-electron chi connectivity index (χ0n) is 11.5. The SMILES string of the molecule is COc1ncnc(N(Cc2ccccc2)C2CC2)c1N. The van der Waals surface area contributed by atoms with Gasteiger partial charge in [-0.25, -0.2) is 4.98 Å². The standard InChI is InChI=1S/C15H18N4O/c1-20-15-13(16)14(17-10-18-15)19(12-7-8-12)9-11-5-3-2-4-6-11/h2-6,10,12H,7-9,16H2,1H3. The summed E-state index contributed by atoms with van der Waals surface area (Å²) >= 11 is 0. The zero-order chi connectivity index (χ0) is 13.9. The third kappa shape index (κ3) is 2.52. The van der Waals surface area contributed by atoms with Crippen LogP contribution in [0.15, 0.2) is 36.7 Å². The summed E-state index contributed by atoms with van der Waals surface area (Å²) in [5.74, 6) is 1.21. The minimum absolute atomic E-state index is 0.439. The van der Waals surface area contributed by atoms with Crippen molar-refractivity contribution in [2.45, 2.75) is 25.4 Å². The van der Waals surface area contributed by atoms with Gasteiger partial charge < -0.3 is 15.4 Å². The third-order valence-electron chi connectivity index (χ3n) is 3.48. The largest absolute Gasteiger partial charge is 0.479 e. The fourth-order valence-electron chi connectivity index (χ4n) is 2.31. The van der Waals surface area contributed by atoms with Crippen LogP contribution in [0.5, 0.6) is 5.88 Å². The van der Waals surface area contributed by atoms with Gasteiger partial charge in [0.1, 0.15) is 12.0 Å². The van der Waals surface area contributed by atoms with Gasteiger partial charge in [0.2, 0.25) is 5.88 Å². The lowest BCUT2D eigenvalue weighted by molar-refractivity contribution is 0.399. The molecule has 20 heavy (non-hydrogen) atoms. The van der Waals surface area contributed by atoms with Crippen molar-refractivity contribution in [3.05, 3.63) is 42.2 Å². The van der Waals surface area contributed by atoms with Crippen molar-refractivity contribution in [1.82, 2.24) is 9.97 Å². The molecule has 0 saturated heterocycles. The third-order valence-corrected chi connectivity index (χ3v) is 3.48. The minimum Gasteiger partial charge on any atom is -0.479 e. The van der Waals surface area contributed by atoms with Gasteiger partial charge in [0.25, 0.3) is 0 Å². The molecule has 5 heteroatoms. The van der Waals surface area contributed by atoms with Gasteiger partial charge in [0.15, 0.2) is 5.82 Å². The Hall–Kier alpha value is -2.30. The maximum absolute atomic E-state index is 6.12.